The molecule has 0 saturated carbocycles. The van der Waals surface area contributed by atoms with E-state index in [1.54, 1.807) is 48.5 Å². The number of hydrogen-bond donors (Lipinski definition) is 0. The van der Waals surface area contributed by atoms with E-state index in [-0.39, 0.29) is 11.6 Å². The van der Waals surface area contributed by atoms with Crippen molar-refractivity contribution in [1.82, 2.24) is 29.9 Å². The number of thioether (sulfide) groups is 1. The number of amides is 1. The van der Waals surface area contributed by atoms with Crippen LogP contribution in [0, 0.1) is 0 Å². The van der Waals surface area contributed by atoms with Crippen LogP contribution in [-0.4, -0.2) is 69.1 Å². The number of aromatic nitrogens is 5. The molecule has 9 nitrogen and oxygen atoms in total. The van der Waals surface area contributed by atoms with E-state index in [1.807, 2.05) is 29.2 Å². The topological polar surface area (TPSA) is 89.3 Å². The van der Waals surface area contributed by atoms with Crippen molar-refractivity contribution < 1.29 is 9.53 Å². The summed E-state index contributed by atoms with van der Waals surface area (Å²) in [6.45, 7) is 2.54. The summed E-state index contributed by atoms with van der Waals surface area (Å²) in [5.41, 5.74) is 2.63. The Morgan fingerprint density at radius 1 is 0.973 bits per heavy atom. The molecule has 4 aromatic rings. The van der Waals surface area contributed by atoms with E-state index in [0.717, 1.165) is 11.4 Å². The molecule has 1 aliphatic rings. The zero-order valence-corrected chi connectivity index (χ0v) is 22.2. The Balaban J connectivity index is 1.37. The van der Waals surface area contributed by atoms with Crippen molar-refractivity contribution in [2.75, 3.05) is 38.2 Å². The highest BCUT2D eigenvalue weighted by Crippen LogP contribution is 2.27. The Kier molecular flexibility index (Phi) is 7.78. The second kappa shape index (κ2) is 11.4. The van der Waals surface area contributed by atoms with Crippen LogP contribution in [0.15, 0.2) is 66.1 Å². The lowest BCUT2D eigenvalue weighted by molar-refractivity contribution is 0.0740. The number of ether oxygens (including phenoxy) is 1. The van der Waals surface area contributed by atoms with Crippen molar-refractivity contribution in [3.8, 4) is 11.4 Å². The predicted octanol–water partition coefficient (Wildman–Crippen LogP) is 4.63. The first-order valence-electron chi connectivity index (χ1n) is 11.5. The normalized spacial score (nSPS) is 13.6. The van der Waals surface area contributed by atoms with Gasteiger partial charge in [0.25, 0.3) is 5.91 Å². The van der Waals surface area contributed by atoms with Crippen molar-refractivity contribution in [3.63, 3.8) is 0 Å². The minimum Gasteiger partial charge on any atom is -0.497 e. The van der Waals surface area contributed by atoms with Gasteiger partial charge in [0.2, 0.25) is 0 Å². The Bertz CT molecular complexity index is 1360. The van der Waals surface area contributed by atoms with Crippen molar-refractivity contribution in [2.24, 2.45) is 0 Å². The van der Waals surface area contributed by atoms with Gasteiger partial charge in [-0.15, -0.1) is 5.10 Å². The smallest absolute Gasteiger partial charge is 0.276 e. The van der Waals surface area contributed by atoms with Crippen LogP contribution in [0.4, 0.5) is 5.69 Å². The molecule has 2 aromatic carbocycles. The van der Waals surface area contributed by atoms with Crippen LogP contribution in [0.3, 0.4) is 0 Å². The molecule has 5 rings (SSSR count). The molecule has 37 heavy (non-hydrogen) atoms. The minimum absolute atomic E-state index is 0.168. The van der Waals surface area contributed by atoms with Gasteiger partial charge < -0.3 is 14.5 Å². The summed E-state index contributed by atoms with van der Waals surface area (Å²) in [5, 5.41) is 10.1. The zero-order chi connectivity index (χ0) is 25.8. The van der Waals surface area contributed by atoms with E-state index >= 15 is 0 Å². The fourth-order valence-corrected chi connectivity index (χ4v) is 5.38. The van der Waals surface area contributed by atoms with Gasteiger partial charge in [0.05, 0.1) is 18.5 Å². The molecule has 3 heterocycles. The number of carbonyl (C=O) groups is 1. The van der Waals surface area contributed by atoms with Crippen molar-refractivity contribution in [1.29, 1.82) is 0 Å². The highest BCUT2D eigenvalue weighted by atomic mass is 35.5. The lowest BCUT2D eigenvalue weighted by atomic mass is 10.2. The lowest BCUT2D eigenvalue weighted by Gasteiger charge is -2.36. The molecule has 0 radical (unpaired) electrons. The monoisotopic (exact) mass is 555 g/mol. The molecule has 0 bridgehead atoms. The molecule has 12 heteroatoms. The summed E-state index contributed by atoms with van der Waals surface area (Å²) < 4.78 is 6.86. The van der Waals surface area contributed by atoms with Gasteiger partial charge in [-0.2, -0.15) is 0 Å². The highest BCUT2D eigenvalue weighted by Gasteiger charge is 2.28. The van der Waals surface area contributed by atoms with E-state index < -0.39 is 0 Å². The third kappa shape index (κ3) is 5.82. The van der Waals surface area contributed by atoms with Crippen molar-refractivity contribution >= 4 is 46.6 Å². The Hall–Kier alpha value is -3.34. The number of rotatable bonds is 7. The number of methoxy groups -OCH3 is 1. The summed E-state index contributed by atoms with van der Waals surface area (Å²) in [7, 11) is 1.65. The van der Waals surface area contributed by atoms with Gasteiger partial charge in [0, 0.05) is 60.1 Å². The molecule has 1 amide bonds. The van der Waals surface area contributed by atoms with Gasteiger partial charge in [-0.05, 0) is 48.5 Å². The number of piperazine rings is 1. The van der Waals surface area contributed by atoms with E-state index in [0.29, 0.717) is 58.5 Å². The number of nitrogens with zero attached hydrogens (tertiary/aromatic N) is 7. The van der Waals surface area contributed by atoms with Crippen LogP contribution >= 0.6 is 35.0 Å². The van der Waals surface area contributed by atoms with Crippen LogP contribution in [-0.2, 0) is 5.75 Å². The molecule has 2 aromatic heterocycles. The predicted molar refractivity (Wildman–Crippen MR) is 144 cm³/mol. The molecule has 0 unspecified atom stereocenters. The maximum atomic E-state index is 13.6. The van der Waals surface area contributed by atoms with E-state index in [2.05, 4.69) is 25.2 Å². The van der Waals surface area contributed by atoms with Gasteiger partial charge in [-0.25, -0.2) is 14.6 Å². The first-order chi connectivity index (χ1) is 18.0. The standard InChI is InChI=1S/C25H23Cl2N7O2S/c1-36-21-5-3-19(4-6-21)32-9-11-33(12-10-32)24(35)23-22(16-37-25-28-7-2-8-29-25)34(31-30-23)20-14-17(26)13-18(27)15-20/h2-8,13-15H,9-12,16H2,1H3. The fraction of sp³-hybridized carbons (Fsp3) is 0.240. The van der Waals surface area contributed by atoms with E-state index in [4.69, 9.17) is 27.9 Å². The maximum Gasteiger partial charge on any atom is 0.276 e. The van der Waals surface area contributed by atoms with E-state index in [1.165, 1.54) is 11.8 Å². The summed E-state index contributed by atoms with van der Waals surface area (Å²) in [6, 6.07) is 14.8. The summed E-state index contributed by atoms with van der Waals surface area (Å²) in [6.07, 6.45) is 3.35. The Labute approximate surface area is 228 Å². The SMILES string of the molecule is COc1ccc(N2CCN(C(=O)c3nnn(-c4cc(Cl)cc(Cl)c4)c3CSc3ncccn3)CC2)cc1. The zero-order valence-electron chi connectivity index (χ0n) is 19.9. The average molecular weight is 556 g/mol. The Morgan fingerprint density at radius 2 is 1.65 bits per heavy atom. The quantitative estimate of drug-likeness (QED) is 0.241. The van der Waals surface area contributed by atoms with Crippen molar-refractivity contribution in [3.05, 3.63) is 82.4 Å². The first kappa shape index (κ1) is 25.3. The van der Waals surface area contributed by atoms with Gasteiger partial charge in [-0.3, -0.25) is 4.79 Å². The van der Waals surface area contributed by atoms with Gasteiger partial charge in [-0.1, -0.05) is 40.2 Å². The van der Waals surface area contributed by atoms with Gasteiger partial charge in [0.15, 0.2) is 10.9 Å². The molecule has 0 atom stereocenters. The number of carbonyl (C=O) groups excluding carboxylic acids is 1. The first-order valence-corrected chi connectivity index (χ1v) is 13.2. The third-order valence-electron chi connectivity index (χ3n) is 5.94. The minimum atomic E-state index is -0.168. The molecule has 1 aliphatic heterocycles. The van der Waals surface area contributed by atoms with Crippen LogP contribution < -0.4 is 9.64 Å². The number of benzene rings is 2. The van der Waals surface area contributed by atoms with Gasteiger partial charge >= 0.3 is 0 Å². The second-order valence-electron chi connectivity index (χ2n) is 8.22. The summed E-state index contributed by atoms with van der Waals surface area (Å²) >= 11 is 13.9. The molecule has 1 saturated heterocycles. The van der Waals surface area contributed by atoms with Gasteiger partial charge in [0.1, 0.15) is 5.75 Å². The Morgan fingerprint density at radius 3 is 2.30 bits per heavy atom. The molecule has 0 spiro atoms. The molecule has 0 aliphatic carbocycles. The van der Waals surface area contributed by atoms with Crippen LogP contribution in [0.2, 0.25) is 10.0 Å². The van der Waals surface area contributed by atoms with E-state index in [9.17, 15) is 4.79 Å². The summed E-state index contributed by atoms with van der Waals surface area (Å²) in [4.78, 5) is 26.2. The largest absolute Gasteiger partial charge is 0.497 e. The second-order valence-corrected chi connectivity index (χ2v) is 10.0. The number of hydrogen-bond acceptors (Lipinski definition) is 8. The molecular weight excluding hydrogens is 533 g/mol. The number of anilines is 1. The van der Waals surface area contributed by atoms with Crippen LogP contribution in [0.5, 0.6) is 5.75 Å². The molecule has 0 N–H and O–H groups in total. The van der Waals surface area contributed by atoms with Crippen molar-refractivity contribution in [2.45, 2.75) is 10.9 Å². The average Bonchev–Trinajstić information content (AvgIpc) is 3.36. The molecule has 1 fully saturated rings. The van der Waals surface area contributed by atoms with Crippen LogP contribution in [0.1, 0.15) is 16.2 Å². The number of halogens is 2. The molecule has 190 valence electrons. The molecular formula is C25H23Cl2N7O2S. The fourth-order valence-electron chi connectivity index (χ4n) is 4.07. The third-order valence-corrected chi connectivity index (χ3v) is 7.27. The summed E-state index contributed by atoms with van der Waals surface area (Å²) in [5.74, 6) is 1.03. The van der Waals surface area contributed by atoms with Crippen LogP contribution in [0.25, 0.3) is 5.69 Å². The highest BCUT2D eigenvalue weighted by molar-refractivity contribution is 7.98. The lowest BCUT2D eigenvalue weighted by Crippen LogP contribution is -2.49. The maximum absolute atomic E-state index is 13.6.